The first-order chi connectivity index (χ1) is 15.4. The molecule has 0 bridgehead atoms. The number of aromatic nitrogens is 4. The van der Waals surface area contributed by atoms with E-state index in [1.54, 1.807) is 12.3 Å². The van der Waals surface area contributed by atoms with Crippen LogP contribution in [0.2, 0.25) is 5.28 Å². The summed E-state index contributed by atoms with van der Waals surface area (Å²) >= 11 is 5.93. The van der Waals surface area contributed by atoms with Gasteiger partial charge in [0.25, 0.3) is 5.56 Å². The first-order valence-corrected chi connectivity index (χ1v) is 10.5. The maximum Gasteiger partial charge on any atom is 0.334 e. The Morgan fingerprint density at radius 1 is 0.906 bits per heavy atom. The largest absolute Gasteiger partial charge is 0.334 e. The second-order valence-electron chi connectivity index (χ2n) is 7.93. The van der Waals surface area contributed by atoms with Crippen molar-refractivity contribution >= 4 is 23.8 Å². The number of aryl methyl sites for hydroxylation is 2. The van der Waals surface area contributed by atoms with Gasteiger partial charge in [0.05, 0.1) is 0 Å². The lowest BCUT2D eigenvalue weighted by atomic mass is 9.82. The van der Waals surface area contributed by atoms with Crippen LogP contribution in [0.4, 0.5) is 0 Å². The van der Waals surface area contributed by atoms with Crippen molar-refractivity contribution in [3.8, 4) is 5.82 Å². The topological polar surface area (TPSA) is 80.6 Å². The fourth-order valence-corrected chi connectivity index (χ4v) is 4.35. The molecule has 0 radical (unpaired) electrons. The molecule has 7 heteroatoms. The summed E-state index contributed by atoms with van der Waals surface area (Å²) in [4.78, 5) is 36.2. The second kappa shape index (κ2) is 7.73. The zero-order chi connectivity index (χ0) is 22.4. The van der Waals surface area contributed by atoms with Gasteiger partial charge in [-0.05, 0) is 53.8 Å². The molecule has 1 aliphatic carbocycles. The van der Waals surface area contributed by atoms with E-state index in [0.29, 0.717) is 5.56 Å². The molecule has 6 nitrogen and oxygen atoms in total. The van der Waals surface area contributed by atoms with E-state index in [4.69, 9.17) is 11.6 Å². The zero-order valence-electron chi connectivity index (χ0n) is 17.5. The Bertz CT molecular complexity index is 1460. The predicted molar refractivity (Wildman–Crippen MR) is 125 cm³/mol. The van der Waals surface area contributed by atoms with Gasteiger partial charge in [0.2, 0.25) is 5.28 Å². The minimum absolute atomic E-state index is 0.0162. The zero-order valence-corrected chi connectivity index (χ0v) is 18.2. The highest BCUT2D eigenvalue weighted by atomic mass is 35.5. The Kier molecular flexibility index (Phi) is 4.87. The summed E-state index contributed by atoms with van der Waals surface area (Å²) in [5.74, 6) is -0.0865. The molecular formula is C25H19ClN4O2. The number of aromatic amines is 1. The minimum Gasteiger partial charge on any atom is -0.273 e. The van der Waals surface area contributed by atoms with Crippen molar-refractivity contribution in [2.75, 3.05) is 0 Å². The van der Waals surface area contributed by atoms with Crippen molar-refractivity contribution in [3.63, 3.8) is 0 Å². The molecule has 2 heterocycles. The Morgan fingerprint density at radius 2 is 1.53 bits per heavy atom. The highest BCUT2D eigenvalue weighted by Gasteiger charge is 2.27. The maximum atomic E-state index is 13.1. The van der Waals surface area contributed by atoms with E-state index in [-0.39, 0.29) is 17.0 Å². The normalized spacial score (nSPS) is 12.8. The number of nitrogens with one attached hydrogen (secondary N) is 1. The lowest BCUT2D eigenvalue weighted by Crippen LogP contribution is -2.33. The summed E-state index contributed by atoms with van der Waals surface area (Å²) in [6.45, 7) is 4.08. The van der Waals surface area contributed by atoms with Gasteiger partial charge in [-0.25, -0.2) is 9.78 Å². The first-order valence-electron chi connectivity index (χ1n) is 10.1. The number of H-pyrrole nitrogens is 1. The lowest BCUT2D eigenvalue weighted by Gasteiger charge is -2.21. The van der Waals surface area contributed by atoms with Crippen LogP contribution in [0.25, 0.3) is 18.0 Å². The van der Waals surface area contributed by atoms with Gasteiger partial charge >= 0.3 is 5.69 Å². The monoisotopic (exact) mass is 442 g/mol. The fourth-order valence-electron chi connectivity index (χ4n) is 4.21. The Labute approximate surface area is 188 Å². The molecule has 2 aromatic heterocycles. The second-order valence-corrected chi connectivity index (χ2v) is 8.27. The van der Waals surface area contributed by atoms with E-state index < -0.39 is 11.2 Å². The summed E-state index contributed by atoms with van der Waals surface area (Å²) < 4.78 is 1.30. The molecule has 0 aliphatic heterocycles. The highest BCUT2D eigenvalue weighted by Crippen LogP contribution is 2.38. The van der Waals surface area contributed by atoms with Crippen LogP contribution >= 0.6 is 11.6 Å². The number of hydrogen-bond acceptors (Lipinski definition) is 4. The third kappa shape index (κ3) is 3.48. The summed E-state index contributed by atoms with van der Waals surface area (Å²) in [5.41, 5.74) is 5.73. The smallest absolute Gasteiger partial charge is 0.273 e. The number of hydrogen-bond donors (Lipinski definition) is 1. The summed E-state index contributed by atoms with van der Waals surface area (Å²) in [7, 11) is 0. The summed E-state index contributed by atoms with van der Waals surface area (Å²) in [6, 6.07) is 13.9. The van der Waals surface area contributed by atoms with Crippen molar-refractivity contribution in [2.24, 2.45) is 0 Å². The molecule has 0 saturated carbocycles. The molecule has 0 amide bonds. The molecule has 1 aliphatic rings. The number of rotatable bonds is 2. The summed E-state index contributed by atoms with van der Waals surface area (Å²) in [6.07, 6.45) is 7.18. The number of benzene rings is 2. The predicted octanol–water partition coefficient (Wildman–Crippen LogP) is 4.25. The average molecular weight is 443 g/mol. The SMILES string of the molecule is Cc1ccc2c(c1)C=Cc1cc(C)ccc1C2c1cn(-c2ccnc(Cl)n2)c(=O)[nH]c1=O. The van der Waals surface area contributed by atoms with Crippen LogP contribution in [0.3, 0.4) is 0 Å². The fraction of sp³-hybridized carbons (Fsp3) is 0.120. The number of fused-ring (bicyclic) bond motifs is 2. The molecule has 0 spiro atoms. The van der Waals surface area contributed by atoms with E-state index >= 15 is 0 Å². The van der Waals surface area contributed by atoms with Gasteiger partial charge in [0, 0.05) is 23.9 Å². The van der Waals surface area contributed by atoms with Gasteiger partial charge < -0.3 is 0 Å². The number of halogens is 1. The maximum absolute atomic E-state index is 13.1. The molecule has 32 heavy (non-hydrogen) atoms. The van der Waals surface area contributed by atoms with Gasteiger partial charge in [-0.1, -0.05) is 59.7 Å². The van der Waals surface area contributed by atoms with Gasteiger partial charge in [-0.2, -0.15) is 4.98 Å². The van der Waals surface area contributed by atoms with Crippen molar-refractivity contribution < 1.29 is 0 Å². The third-order valence-corrected chi connectivity index (χ3v) is 5.87. The highest BCUT2D eigenvalue weighted by molar-refractivity contribution is 6.28. The molecule has 0 saturated heterocycles. The summed E-state index contributed by atoms with van der Waals surface area (Å²) in [5, 5.41) is 0.0162. The van der Waals surface area contributed by atoms with Crippen LogP contribution in [-0.4, -0.2) is 19.5 Å². The molecule has 1 N–H and O–H groups in total. The first kappa shape index (κ1) is 20.2. The van der Waals surface area contributed by atoms with E-state index in [2.05, 4.69) is 39.2 Å². The molecule has 4 aromatic rings. The van der Waals surface area contributed by atoms with E-state index in [9.17, 15) is 9.59 Å². The van der Waals surface area contributed by atoms with Gasteiger partial charge in [-0.15, -0.1) is 0 Å². The van der Waals surface area contributed by atoms with Crippen molar-refractivity contribution in [2.45, 2.75) is 19.8 Å². The minimum atomic E-state index is -0.589. The Morgan fingerprint density at radius 3 is 2.12 bits per heavy atom. The quantitative estimate of drug-likeness (QED) is 0.414. The van der Waals surface area contributed by atoms with Crippen molar-refractivity contribution in [3.05, 3.63) is 120 Å². The van der Waals surface area contributed by atoms with Gasteiger partial charge in [0.1, 0.15) is 5.82 Å². The molecule has 0 atom stereocenters. The van der Waals surface area contributed by atoms with Gasteiger partial charge in [0.15, 0.2) is 0 Å². The molecule has 0 unspecified atom stereocenters. The molecule has 2 aromatic carbocycles. The molecule has 5 rings (SSSR count). The molecular weight excluding hydrogens is 424 g/mol. The molecule has 0 fully saturated rings. The lowest BCUT2D eigenvalue weighted by molar-refractivity contribution is 0.812. The Balaban J connectivity index is 1.81. The van der Waals surface area contributed by atoms with Crippen LogP contribution in [0.15, 0.2) is 64.4 Å². The third-order valence-electron chi connectivity index (χ3n) is 5.69. The van der Waals surface area contributed by atoms with E-state index in [1.807, 2.05) is 38.1 Å². The van der Waals surface area contributed by atoms with Crippen molar-refractivity contribution in [1.82, 2.24) is 19.5 Å². The van der Waals surface area contributed by atoms with Crippen LogP contribution in [-0.2, 0) is 0 Å². The average Bonchev–Trinajstić information content (AvgIpc) is 2.90. The van der Waals surface area contributed by atoms with Gasteiger partial charge in [-0.3, -0.25) is 14.3 Å². The number of nitrogens with zero attached hydrogens (tertiary/aromatic N) is 3. The van der Waals surface area contributed by atoms with Crippen LogP contribution in [0.1, 0.15) is 44.9 Å². The van der Waals surface area contributed by atoms with Crippen LogP contribution in [0, 0.1) is 13.8 Å². The van der Waals surface area contributed by atoms with E-state index in [1.165, 1.54) is 10.8 Å². The molecule has 158 valence electrons. The van der Waals surface area contributed by atoms with Crippen molar-refractivity contribution in [1.29, 1.82) is 0 Å². The van der Waals surface area contributed by atoms with E-state index in [0.717, 1.165) is 33.4 Å². The van der Waals surface area contributed by atoms with Crippen LogP contribution < -0.4 is 11.2 Å². The van der Waals surface area contributed by atoms with Crippen LogP contribution in [0.5, 0.6) is 0 Å². The standard InChI is InChI=1S/C25H19ClN4O2/c1-14-3-7-18-16(11-14)5-6-17-12-15(2)4-8-19(17)22(18)20-13-30(25(32)29-23(20)31)21-9-10-27-24(26)28-21/h3-13,22H,1-2H3,(H,29,31,32). The Hall–Kier alpha value is -3.77.